The number of halogens is 1. The lowest BCUT2D eigenvalue weighted by Gasteiger charge is -2.08. The molecule has 0 unspecified atom stereocenters. The van der Waals surface area contributed by atoms with E-state index in [2.05, 4.69) is 5.32 Å². The first-order valence-electron chi connectivity index (χ1n) is 8.20. The van der Waals surface area contributed by atoms with Crippen LogP contribution < -0.4 is 10.1 Å². The molecule has 2 aromatic carbocycles. The minimum absolute atomic E-state index is 0.142. The number of furan rings is 1. The zero-order valence-corrected chi connectivity index (χ0v) is 16.2. The maximum absolute atomic E-state index is 12.4. The number of amides is 1. The van der Waals surface area contributed by atoms with Gasteiger partial charge in [-0.3, -0.25) is 9.00 Å². The minimum atomic E-state index is -1.36. The Balaban J connectivity index is 1.62. The first kappa shape index (κ1) is 19.2. The Hall–Kier alpha value is -2.57. The lowest BCUT2D eigenvalue weighted by atomic mass is 10.2. The van der Waals surface area contributed by atoms with Gasteiger partial charge in [0, 0.05) is 12.1 Å². The van der Waals surface area contributed by atoms with Gasteiger partial charge in [0.1, 0.15) is 11.5 Å². The summed E-state index contributed by atoms with van der Waals surface area (Å²) in [5.41, 5.74) is 0.861. The summed E-state index contributed by atoms with van der Waals surface area (Å²) in [6.07, 6.45) is 0. The van der Waals surface area contributed by atoms with Gasteiger partial charge < -0.3 is 14.5 Å². The van der Waals surface area contributed by atoms with Gasteiger partial charge in [-0.2, -0.15) is 0 Å². The molecule has 1 atom stereocenters. The van der Waals surface area contributed by atoms with Crippen molar-refractivity contribution in [1.82, 2.24) is 5.32 Å². The summed E-state index contributed by atoms with van der Waals surface area (Å²) in [7, 11) is 0.224. The Labute approximate surface area is 164 Å². The van der Waals surface area contributed by atoms with Gasteiger partial charge in [0.05, 0.1) is 33.6 Å². The van der Waals surface area contributed by atoms with E-state index in [0.717, 1.165) is 5.56 Å². The quantitative estimate of drug-likeness (QED) is 0.642. The van der Waals surface area contributed by atoms with Gasteiger partial charge in [0.2, 0.25) is 0 Å². The van der Waals surface area contributed by atoms with Crippen LogP contribution in [0.25, 0.3) is 0 Å². The van der Waals surface area contributed by atoms with E-state index in [1.807, 2.05) is 24.3 Å². The zero-order valence-electron chi connectivity index (χ0n) is 14.6. The zero-order chi connectivity index (χ0) is 19.2. The van der Waals surface area contributed by atoms with Crippen LogP contribution in [0, 0.1) is 0 Å². The van der Waals surface area contributed by atoms with E-state index in [1.54, 1.807) is 43.5 Å². The number of carbonyl (C=O) groups excluding carboxylic acids is 1. The topological polar surface area (TPSA) is 68.5 Å². The number of benzene rings is 2. The van der Waals surface area contributed by atoms with E-state index in [1.165, 1.54) is 0 Å². The second-order valence-corrected chi connectivity index (χ2v) is 7.51. The maximum atomic E-state index is 12.4. The average molecular weight is 404 g/mol. The molecule has 0 aliphatic rings. The SMILES string of the molecule is COc1ccccc1CNC(=O)c1ccc(C[S@](=O)c2ccccc2Cl)o1. The summed E-state index contributed by atoms with van der Waals surface area (Å²) < 4.78 is 23.3. The predicted molar refractivity (Wildman–Crippen MR) is 104 cm³/mol. The van der Waals surface area contributed by atoms with Crippen LogP contribution in [0.4, 0.5) is 0 Å². The van der Waals surface area contributed by atoms with Crippen LogP contribution in [0.15, 0.2) is 70.0 Å². The predicted octanol–water partition coefficient (Wildman–Crippen LogP) is 4.18. The number of nitrogens with one attached hydrogen (secondary N) is 1. The molecule has 0 saturated heterocycles. The Bertz CT molecular complexity index is 970. The summed E-state index contributed by atoms with van der Waals surface area (Å²) in [6, 6.07) is 17.6. The number of methoxy groups -OCH3 is 1. The van der Waals surface area contributed by atoms with Crippen molar-refractivity contribution < 1.29 is 18.2 Å². The van der Waals surface area contributed by atoms with Crippen LogP contribution in [0.5, 0.6) is 5.75 Å². The molecule has 1 N–H and O–H groups in total. The molecule has 1 heterocycles. The van der Waals surface area contributed by atoms with Crippen LogP contribution >= 0.6 is 11.6 Å². The normalized spacial score (nSPS) is 11.8. The number of para-hydroxylation sites is 1. The third-order valence-electron chi connectivity index (χ3n) is 3.87. The maximum Gasteiger partial charge on any atom is 0.287 e. The van der Waals surface area contributed by atoms with Crippen molar-refractivity contribution in [3.63, 3.8) is 0 Å². The average Bonchev–Trinajstić information content (AvgIpc) is 3.15. The molecule has 5 nitrogen and oxygen atoms in total. The molecular weight excluding hydrogens is 386 g/mol. The molecule has 0 spiro atoms. The van der Waals surface area contributed by atoms with Gasteiger partial charge in [-0.25, -0.2) is 0 Å². The molecule has 0 saturated carbocycles. The molecule has 0 aliphatic carbocycles. The largest absolute Gasteiger partial charge is 0.496 e. The first-order chi connectivity index (χ1) is 13.1. The van der Waals surface area contributed by atoms with Crippen LogP contribution in [0.1, 0.15) is 21.9 Å². The van der Waals surface area contributed by atoms with Gasteiger partial charge in [-0.1, -0.05) is 41.9 Å². The van der Waals surface area contributed by atoms with Crippen LogP contribution in [0.2, 0.25) is 5.02 Å². The highest BCUT2D eigenvalue weighted by Crippen LogP contribution is 2.22. The molecule has 1 aromatic heterocycles. The second kappa shape index (κ2) is 8.88. The van der Waals surface area contributed by atoms with Crippen molar-refractivity contribution in [3.8, 4) is 5.75 Å². The smallest absolute Gasteiger partial charge is 0.287 e. The summed E-state index contributed by atoms with van der Waals surface area (Å²) in [5, 5.41) is 3.23. The number of rotatable bonds is 7. The summed E-state index contributed by atoms with van der Waals surface area (Å²) in [4.78, 5) is 12.8. The molecule has 27 heavy (non-hydrogen) atoms. The van der Waals surface area contributed by atoms with Crippen molar-refractivity contribution in [2.75, 3.05) is 7.11 Å². The number of hydrogen-bond acceptors (Lipinski definition) is 4. The minimum Gasteiger partial charge on any atom is -0.496 e. The molecule has 0 bridgehead atoms. The van der Waals surface area contributed by atoms with E-state index in [-0.39, 0.29) is 17.4 Å². The molecule has 1 amide bonds. The summed E-state index contributed by atoms with van der Waals surface area (Å²) in [5.74, 6) is 1.11. The van der Waals surface area contributed by atoms with Crippen molar-refractivity contribution in [2.45, 2.75) is 17.2 Å². The van der Waals surface area contributed by atoms with Crippen molar-refractivity contribution in [1.29, 1.82) is 0 Å². The standard InChI is InChI=1S/C20H18ClNO4S/c1-25-17-8-4-2-6-14(17)12-22-20(23)18-11-10-15(26-18)13-27(24)19-9-5-3-7-16(19)21/h2-11H,12-13H2,1H3,(H,22,23)/t27-/m0/s1. The molecule has 0 radical (unpaired) electrons. The van der Waals surface area contributed by atoms with Crippen LogP contribution in [-0.2, 0) is 23.1 Å². The molecule has 140 valence electrons. The number of ether oxygens (including phenoxy) is 1. The molecule has 7 heteroatoms. The Kier molecular flexibility index (Phi) is 6.32. The van der Waals surface area contributed by atoms with E-state index >= 15 is 0 Å². The summed E-state index contributed by atoms with van der Waals surface area (Å²) in [6.45, 7) is 0.310. The van der Waals surface area contributed by atoms with Crippen molar-refractivity contribution in [3.05, 3.63) is 82.8 Å². The van der Waals surface area contributed by atoms with Gasteiger partial charge in [-0.05, 0) is 30.3 Å². The lowest BCUT2D eigenvalue weighted by molar-refractivity contribution is 0.0921. The Morgan fingerprint density at radius 1 is 1.11 bits per heavy atom. The van der Waals surface area contributed by atoms with Crippen LogP contribution in [-0.4, -0.2) is 17.2 Å². The molecular formula is C20H18ClNO4S. The van der Waals surface area contributed by atoms with Gasteiger partial charge in [0.15, 0.2) is 5.76 Å². The molecule has 0 fully saturated rings. The van der Waals surface area contributed by atoms with Gasteiger partial charge in [-0.15, -0.1) is 0 Å². The highest BCUT2D eigenvalue weighted by molar-refractivity contribution is 7.84. The summed E-state index contributed by atoms with van der Waals surface area (Å²) >= 11 is 6.07. The van der Waals surface area contributed by atoms with Crippen LogP contribution in [0.3, 0.4) is 0 Å². The highest BCUT2D eigenvalue weighted by Gasteiger charge is 2.15. The van der Waals surface area contributed by atoms with Crippen molar-refractivity contribution >= 4 is 28.3 Å². The fourth-order valence-corrected chi connectivity index (χ4v) is 4.00. The Morgan fingerprint density at radius 2 is 1.85 bits per heavy atom. The number of hydrogen-bond donors (Lipinski definition) is 1. The monoisotopic (exact) mass is 403 g/mol. The fraction of sp³-hybridized carbons (Fsp3) is 0.150. The third kappa shape index (κ3) is 4.78. The highest BCUT2D eigenvalue weighted by atomic mass is 35.5. The van der Waals surface area contributed by atoms with E-state index in [9.17, 15) is 9.00 Å². The van der Waals surface area contributed by atoms with Gasteiger partial charge in [0.25, 0.3) is 5.91 Å². The van der Waals surface area contributed by atoms with Gasteiger partial charge >= 0.3 is 0 Å². The fourth-order valence-electron chi connectivity index (χ4n) is 2.53. The molecule has 3 aromatic rings. The molecule has 0 aliphatic heterocycles. The lowest BCUT2D eigenvalue weighted by Crippen LogP contribution is -2.22. The first-order valence-corrected chi connectivity index (χ1v) is 9.90. The van der Waals surface area contributed by atoms with E-state index in [0.29, 0.717) is 28.0 Å². The second-order valence-electron chi connectivity index (χ2n) is 5.68. The number of carbonyl (C=O) groups is 1. The third-order valence-corrected chi connectivity index (χ3v) is 5.71. The molecule has 3 rings (SSSR count). The van der Waals surface area contributed by atoms with E-state index < -0.39 is 10.8 Å². The Morgan fingerprint density at radius 3 is 2.63 bits per heavy atom. The van der Waals surface area contributed by atoms with E-state index in [4.69, 9.17) is 20.8 Å². The van der Waals surface area contributed by atoms with Crippen molar-refractivity contribution in [2.24, 2.45) is 0 Å².